The Morgan fingerprint density at radius 2 is 2.08 bits per heavy atom. The van der Waals surface area contributed by atoms with E-state index >= 15 is 0 Å². The van der Waals surface area contributed by atoms with Gasteiger partial charge in [0.05, 0.1) is 6.42 Å². The summed E-state index contributed by atoms with van der Waals surface area (Å²) in [7, 11) is 0. The van der Waals surface area contributed by atoms with Crippen molar-refractivity contribution in [2.24, 2.45) is 5.41 Å². The van der Waals surface area contributed by atoms with Crippen LogP contribution < -0.4 is 0 Å². The summed E-state index contributed by atoms with van der Waals surface area (Å²) < 4.78 is 0. The molecule has 0 aromatic rings. The fourth-order valence-corrected chi connectivity index (χ4v) is 1.17. The number of allylic oxidation sites excluding steroid dienone is 2. The van der Waals surface area contributed by atoms with Crippen LogP contribution in [0.1, 0.15) is 46.5 Å². The molecule has 0 heterocycles. The molecule has 0 aliphatic heterocycles. The Balaban J connectivity index is 3.85. The van der Waals surface area contributed by atoms with Gasteiger partial charge in [0, 0.05) is 0 Å². The molecule has 0 amide bonds. The van der Waals surface area contributed by atoms with Gasteiger partial charge in [0.15, 0.2) is 0 Å². The summed E-state index contributed by atoms with van der Waals surface area (Å²) in [5.74, 6) is -0.731. The van der Waals surface area contributed by atoms with Crippen LogP contribution in [0.4, 0.5) is 0 Å². The molecule has 0 fully saturated rings. The number of unbranched alkanes of at least 4 members (excludes halogenated alkanes) is 2. The second-order valence-corrected chi connectivity index (χ2v) is 4.10. The summed E-state index contributed by atoms with van der Waals surface area (Å²) in [4.78, 5) is 10.5. The zero-order valence-corrected chi connectivity index (χ0v) is 8.84. The van der Waals surface area contributed by atoms with Crippen molar-refractivity contribution in [2.45, 2.75) is 46.5 Å². The highest BCUT2D eigenvalue weighted by Gasteiger charge is 2.17. The molecule has 13 heavy (non-hydrogen) atoms. The number of carboxylic acids is 1. The minimum Gasteiger partial charge on any atom is -0.481 e. The van der Waals surface area contributed by atoms with Gasteiger partial charge in [-0.25, -0.2) is 0 Å². The van der Waals surface area contributed by atoms with Gasteiger partial charge in [-0.2, -0.15) is 0 Å². The van der Waals surface area contributed by atoms with E-state index in [1.807, 2.05) is 19.9 Å². The summed E-state index contributed by atoms with van der Waals surface area (Å²) in [6, 6.07) is 0. The lowest BCUT2D eigenvalue weighted by Gasteiger charge is -2.16. The number of hydrogen-bond acceptors (Lipinski definition) is 1. The topological polar surface area (TPSA) is 37.3 Å². The molecular formula is C11H20O2. The maximum atomic E-state index is 10.5. The minimum atomic E-state index is -0.731. The van der Waals surface area contributed by atoms with Gasteiger partial charge in [0.2, 0.25) is 0 Å². The number of aliphatic carboxylic acids is 1. The fourth-order valence-electron chi connectivity index (χ4n) is 1.17. The van der Waals surface area contributed by atoms with Crippen LogP contribution in [-0.4, -0.2) is 11.1 Å². The Kier molecular flexibility index (Phi) is 5.44. The van der Waals surface area contributed by atoms with Crippen molar-refractivity contribution in [3.8, 4) is 0 Å². The second kappa shape index (κ2) is 5.79. The Hall–Kier alpha value is -0.790. The van der Waals surface area contributed by atoms with Crippen LogP contribution in [0.5, 0.6) is 0 Å². The Labute approximate surface area is 80.7 Å². The molecular weight excluding hydrogens is 164 g/mol. The maximum absolute atomic E-state index is 10.5. The van der Waals surface area contributed by atoms with Gasteiger partial charge in [-0.1, -0.05) is 45.8 Å². The zero-order chi connectivity index (χ0) is 10.3. The summed E-state index contributed by atoms with van der Waals surface area (Å²) in [5, 5.41) is 8.62. The quantitative estimate of drug-likeness (QED) is 0.508. The van der Waals surface area contributed by atoms with Crippen LogP contribution in [0.25, 0.3) is 0 Å². The van der Waals surface area contributed by atoms with Crippen molar-refractivity contribution in [1.82, 2.24) is 0 Å². The van der Waals surface area contributed by atoms with Gasteiger partial charge in [0.25, 0.3) is 0 Å². The largest absolute Gasteiger partial charge is 0.481 e. The van der Waals surface area contributed by atoms with E-state index in [2.05, 4.69) is 13.0 Å². The fraction of sp³-hybridized carbons (Fsp3) is 0.727. The minimum absolute atomic E-state index is 0.204. The first-order valence-corrected chi connectivity index (χ1v) is 4.87. The lowest BCUT2D eigenvalue weighted by atomic mass is 9.88. The van der Waals surface area contributed by atoms with Gasteiger partial charge >= 0.3 is 5.97 Å². The molecule has 2 heteroatoms. The first kappa shape index (κ1) is 12.2. The van der Waals surface area contributed by atoms with E-state index in [1.54, 1.807) is 0 Å². The normalized spacial score (nSPS) is 12.2. The molecule has 0 rings (SSSR count). The summed E-state index contributed by atoms with van der Waals surface area (Å²) in [6.07, 6.45) is 7.72. The van der Waals surface area contributed by atoms with Crippen LogP contribution >= 0.6 is 0 Å². The predicted molar refractivity (Wildman–Crippen MR) is 54.7 cm³/mol. The smallest absolute Gasteiger partial charge is 0.304 e. The molecule has 2 nitrogen and oxygen atoms in total. The highest BCUT2D eigenvalue weighted by Crippen LogP contribution is 2.22. The molecule has 1 N–H and O–H groups in total. The van der Waals surface area contributed by atoms with E-state index < -0.39 is 5.97 Å². The third kappa shape index (κ3) is 7.57. The van der Waals surface area contributed by atoms with Gasteiger partial charge in [-0.05, 0) is 11.8 Å². The van der Waals surface area contributed by atoms with Crippen molar-refractivity contribution < 1.29 is 9.90 Å². The van der Waals surface area contributed by atoms with Gasteiger partial charge in [-0.15, -0.1) is 0 Å². The second-order valence-electron chi connectivity index (χ2n) is 4.10. The molecule has 0 radical (unpaired) electrons. The third-order valence-electron chi connectivity index (χ3n) is 1.90. The van der Waals surface area contributed by atoms with Crippen LogP contribution in [0, 0.1) is 5.41 Å². The van der Waals surface area contributed by atoms with E-state index in [9.17, 15) is 4.79 Å². The summed E-state index contributed by atoms with van der Waals surface area (Å²) >= 11 is 0. The lowest BCUT2D eigenvalue weighted by molar-refractivity contribution is -0.138. The van der Waals surface area contributed by atoms with Crippen LogP contribution in [-0.2, 0) is 4.79 Å². The van der Waals surface area contributed by atoms with E-state index in [0.29, 0.717) is 0 Å². The number of rotatable bonds is 6. The molecule has 0 unspecified atom stereocenters. The number of carbonyl (C=O) groups is 1. The van der Waals surface area contributed by atoms with Crippen LogP contribution in [0.3, 0.4) is 0 Å². The van der Waals surface area contributed by atoms with Crippen molar-refractivity contribution in [3.05, 3.63) is 12.2 Å². The zero-order valence-electron chi connectivity index (χ0n) is 8.84. The van der Waals surface area contributed by atoms with Crippen LogP contribution in [0.15, 0.2) is 12.2 Å². The third-order valence-corrected chi connectivity index (χ3v) is 1.90. The lowest BCUT2D eigenvalue weighted by Crippen LogP contribution is -2.13. The predicted octanol–water partition coefficient (Wildman–Crippen LogP) is 3.23. The van der Waals surface area contributed by atoms with E-state index in [1.165, 1.54) is 12.8 Å². The average Bonchev–Trinajstić information content (AvgIpc) is 1.95. The summed E-state index contributed by atoms with van der Waals surface area (Å²) in [5.41, 5.74) is -0.209. The Morgan fingerprint density at radius 3 is 2.54 bits per heavy atom. The maximum Gasteiger partial charge on any atom is 0.304 e. The molecule has 0 aliphatic rings. The summed E-state index contributed by atoms with van der Waals surface area (Å²) in [6.45, 7) is 6.05. The molecule has 0 bridgehead atoms. The van der Waals surface area contributed by atoms with Crippen molar-refractivity contribution in [3.63, 3.8) is 0 Å². The molecule has 76 valence electrons. The van der Waals surface area contributed by atoms with Gasteiger partial charge in [-0.3, -0.25) is 4.79 Å². The van der Waals surface area contributed by atoms with E-state index in [4.69, 9.17) is 5.11 Å². The first-order chi connectivity index (χ1) is 5.98. The Morgan fingerprint density at radius 1 is 1.46 bits per heavy atom. The average molecular weight is 184 g/mol. The SMILES string of the molecule is CCCC/C=C\C(C)(C)CC(=O)O. The molecule has 0 aliphatic carbocycles. The number of carboxylic acid groups (broad SMARTS) is 1. The molecule has 0 saturated carbocycles. The highest BCUT2D eigenvalue weighted by atomic mass is 16.4. The van der Waals surface area contributed by atoms with E-state index in [0.717, 1.165) is 6.42 Å². The van der Waals surface area contributed by atoms with Crippen molar-refractivity contribution >= 4 is 5.97 Å². The van der Waals surface area contributed by atoms with Crippen LogP contribution in [0.2, 0.25) is 0 Å². The number of hydrogen-bond donors (Lipinski definition) is 1. The molecule has 0 saturated heterocycles. The first-order valence-electron chi connectivity index (χ1n) is 4.87. The Bertz CT molecular complexity index is 181. The highest BCUT2D eigenvalue weighted by molar-refractivity contribution is 5.67. The standard InChI is InChI=1S/C11H20O2/c1-4-5-6-7-8-11(2,3)9-10(12)13/h7-8H,4-6,9H2,1-3H3,(H,12,13)/b8-7-. The van der Waals surface area contributed by atoms with Gasteiger partial charge < -0.3 is 5.11 Å². The van der Waals surface area contributed by atoms with Crippen molar-refractivity contribution in [1.29, 1.82) is 0 Å². The monoisotopic (exact) mass is 184 g/mol. The molecule has 0 spiro atoms. The van der Waals surface area contributed by atoms with Crippen molar-refractivity contribution in [2.75, 3.05) is 0 Å². The van der Waals surface area contributed by atoms with Gasteiger partial charge in [0.1, 0.15) is 0 Å². The molecule has 0 aromatic heterocycles. The molecule has 0 atom stereocenters. The van der Waals surface area contributed by atoms with E-state index in [-0.39, 0.29) is 11.8 Å². The molecule has 0 aromatic carbocycles.